The van der Waals surface area contributed by atoms with Gasteiger partial charge in [-0.3, -0.25) is 19.2 Å². The van der Waals surface area contributed by atoms with Crippen LogP contribution in [0.2, 0.25) is 5.02 Å². The maximum absolute atomic E-state index is 13.9. The molecule has 2 amide bonds. The summed E-state index contributed by atoms with van der Waals surface area (Å²) >= 11 is 6.45. The summed E-state index contributed by atoms with van der Waals surface area (Å²) < 4.78 is 7.13. The molecule has 0 spiro atoms. The van der Waals surface area contributed by atoms with E-state index in [9.17, 15) is 9.59 Å². The molecular formula is C27H31ClN4O3. The van der Waals surface area contributed by atoms with Gasteiger partial charge in [0.05, 0.1) is 12.8 Å². The molecule has 35 heavy (non-hydrogen) atoms. The van der Waals surface area contributed by atoms with Crippen LogP contribution in [0.15, 0.2) is 47.1 Å². The van der Waals surface area contributed by atoms with Gasteiger partial charge < -0.3 is 9.73 Å². The number of anilines is 1. The molecule has 5 rings (SSSR count). The van der Waals surface area contributed by atoms with Gasteiger partial charge in [-0.1, -0.05) is 49.8 Å². The standard InChI is InChI=1S/C27H31ClN4O3/c1-18-12-13-20(15-21(18)28)32-25(33)23-16-22(24-11-8-14-35-24)30-31(23)17-27(32,2)26(34)29-19-9-6-4-3-5-7-10-19/h8,11-16,19H,3-7,9-10,17H2,1-2H3,(H,29,34)/t27-/m1/s1. The van der Waals surface area contributed by atoms with E-state index in [1.807, 2.05) is 26.0 Å². The van der Waals surface area contributed by atoms with Crippen molar-refractivity contribution in [2.24, 2.45) is 0 Å². The Kier molecular flexibility index (Phi) is 6.45. The lowest BCUT2D eigenvalue weighted by atomic mass is 9.91. The number of benzene rings is 1. The number of fused-ring (bicyclic) bond motifs is 1. The van der Waals surface area contributed by atoms with Crippen molar-refractivity contribution in [3.05, 3.63) is 58.9 Å². The van der Waals surface area contributed by atoms with Gasteiger partial charge in [0.2, 0.25) is 5.91 Å². The highest BCUT2D eigenvalue weighted by atomic mass is 35.5. The van der Waals surface area contributed by atoms with Crippen molar-refractivity contribution in [2.75, 3.05) is 4.90 Å². The number of carbonyl (C=O) groups excluding carboxylic acids is 2. The van der Waals surface area contributed by atoms with Gasteiger partial charge in [0, 0.05) is 22.8 Å². The maximum Gasteiger partial charge on any atom is 0.277 e. The van der Waals surface area contributed by atoms with Crippen LogP contribution < -0.4 is 10.2 Å². The highest BCUT2D eigenvalue weighted by Gasteiger charge is 2.49. The van der Waals surface area contributed by atoms with Gasteiger partial charge >= 0.3 is 0 Å². The van der Waals surface area contributed by atoms with Gasteiger partial charge in [0.25, 0.3) is 5.91 Å². The molecule has 1 aliphatic heterocycles. The maximum atomic E-state index is 13.9. The number of amides is 2. The summed E-state index contributed by atoms with van der Waals surface area (Å²) in [4.78, 5) is 29.4. The molecule has 1 saturated carbocycles. The molecule has 1 aliphatic carbocycles. The number of aromatic nitrogens is 2. The van der Waals surface area contributed by atoms with Crippen LogP contribution in [0.3, 0.4) is 0 Å². The predicted octanol–water partition coefficient (Wildman–Crippen LogP) is 5.75. The number of rotatable bonds is 4. The summed E-state index contributed by atoms with van der Waals surface area (Å²) in [6, 6.07) is 10.9. The Hall–Kier alpha value is -3.06. The Balaban J connectivity index is 1.54. The highest BCUT2D eigenvalue weighted by molar-refractivity contribution is 6.31. The number of nitrogens with one attached hydrogen (secondary N) is 1. The van der Waals surface area contributed by atoms with Crippen molar-refractivity contribution in [1.82, 2.24) is 15.1 Å². The number of aryl methyl sites for hydroxylation is 1. The number of furan rings is 1. The zero-order valence-electron chi connectivity index (χ0n) is 20.2. The Morgan fingerprint density at radius 3 is 2.57 bits per heavy atom. The Morgan fingerprint density at radius 1 is 1.14 bits per heavy atom. The molecule has 0 radical (unpaired) electrons. The molecule has 1 fully saturated rings. The molecule has 7 nitrogen and oxygen atoms in total. The largest absolute Gasteiger partial charge is 0.463 e. The lowest BCUT2D eigenvalue weighted by molar-refractivity contribution is -0.127. The average molecular weight is 495 g/mol. The number of hydrogen-bond acceptors (Lipinski definition) is 4. The summed E-state index contributed by atoms with van der Waals surface area (Å²) in [5.41, 5.74) is 1.28. The first kappa shape index (κ1) is 23.7. The zero-order chi connectivity index (χ0) is 24.6. The summed E-state index contributed by atoms with van der Waals surface area (Å²) in [6.07, 6.45) is 9.35. The predicted molar refractivity (Wildman–Crippen MR) is 136 cm³/mol. The minimum atomic E-state index is -1.18. The van der Waals surface area contributed by atoms with E-state index < -0.39 is 5.54 Å². The smallest absolute Gasteiger partial charge is 0.277 e. The fourth-order valence-electron chi connectivity index (χ4n) is 5.19. The molecule has 1 aromatic carbocycles. The molecule has 8 heteroatoms. The quantitative estimate of drug-likeness (QED) is 0.500. The molecule has 1 atom stereocenters. The number of halogens is 1. The van der Waals surface area contributed by atoms with Crippen LogP contribution in [0.4, 0.5) is 5.69 Å². The van der Waals surface area contributed by atoms with E-state index in [2.05, 4.69) is 10.4 Å². The number of nitrogens with zero attached hydrogens (tertiary/aromatic N) is 3. The van der Waals surface area contributed by atoms with Crippen molar-refractivity contribution in [2.45, 2.75) is 76.9 Å². The van der Waals surface area contributed by atoms with Crippen molar-refractivity contribution in [3.8, 4) is 11.5 Å². The van der Waals surface area contributed by atoms with Gasteiger partial charge in [-0.25, -0.2) is 0 Å². The minimum absolute atomic E-state index is 0.107. The molecule has 2 aliphatic rings. The molecule has 3 heterocycles. The Bertz CT molecular complexity index is 1230. The van der Waals surface area contributed by atoms with Gasteiger partial charge in [-0.15, -0.1) is 0 Å². The summed E-state index contributed by atoms with van der Waals surface area (Å²) in [6.45, 7) is 3.95. The molecule has 0 bridgehead atoms. The van der Waals surface area contributed by atoms with Crippen molar-refractivity contribution >= 4 is 29.1 Å². The van der Waals surface area contributed by atoms with Gasteiger partial charge in [-0.05, 0) is 56.5 Å². The first-order valence-electron chi connectivity index (χ1n) is 12.4. The van der Waals surface area contributed by atoms with Gasteiger partial charge in [-0.2, -0.15) is 5.10 Å². The van der Waals surface area contributed by atoms with Crippen LogP contribution in [-0.2, 0) is 11.3 Å². The zero-order valence-corrected chi connectivity index (χ0v) is 21.0. The third-order valence-electron chi connectivity index (χ3n) is 7.27. The second kappa shape index (κ2) is 9.53. The van der Waals surface area contributed by atoms with Crippen LogP contribution >= 0.6 is 11.6 Å². The van der Waals surface area contributed by atoms with Crippen LogP contribution in [-0.4, -0.2) is 33.2 Å². The van der Waals surface area contributed by atoms with E-state index in [4.69, 9.17) is 16.0 Å². The van der Waals surface area contributed by atoms with E-state index in [1.165, 1.54) is 19.3 Å². The molecule has 1 N–H and O–H groups in total. The van der Waals surface area contributed by atoms with Crippen LogP contribution in [0, 0.1) is 6.92 Å². The second-order valence-electron chi connectivity index (χ2n) is 9.91. The summed E-state index contributed by atoms with van der Waals surface area (Å²) in [5, 5.41) is 8.46. The van der Waals surface area contributed by atoms with E-state index in [-0.39, 0.29) is 24.4 Å². The van der Waals surface area contributed by atoms with Crippen LogP contribution in [0.25, 0.3) is 11.5 Å². The highest BCUT2D eigenvalue weighted by Crippen LogP contribution is 2.36. The summed E-state index contributed by atoms with van der Waals surface area (Å²) in [5.74, 6) is 0.107. The number of hydrogen-bond donors (Lipinski definition) is 1. The molecule has 0 saturated heterocycles. The Morgan fingerprint density at radius 2 is 1.89 bits per heavy atom. The van der Waals surface area contributed by atoms with Crippen LogP contribution in [0.5, 0.6) is 0 Å². The second-order valence-corrected chi connectivity index (χ2v) is 10.3. The van der Waals surface area contributed by atoms with E-state index in [1.54, 1.807) is 40.1 Å². The van der Waals surface area contributed by atoms with E-state index >= 15 is 0 Å². The minimum Gasteiger partial charge on any atom is -0.463 e. The first-order chi connectivity index (χ1) is 16.9. The normalized spacial score (nSPS) is 21.3. The topological polar surface area (TPSA) is 80.4 Å². The third-order valence-corrected chi connectivity index (χ3v) is 7.68. The molecular weight excluding hydrogens is 464 g/mol. The molecule has 0 unspecified atom stereocenters. The molecule has 184 valence electrons. The average Bonchev–Trinajstić information content (AvgIpc) is 3.48. The van der Waals surface area contributed by atoms with Crippen LogP contribution in [0.1, 0.15) is 67.9 Å². The Labute approximate surface area is 210 Å². The third kappa shape index (κ3) is 4.49. The van der Waals surface area contributed by atoms with Crippen molar-refractivity contribution in [3.63, 3.8) is 0 Å². The van der Waals surface area contributed by atoms with Crippen molar-refractivity contribution in [1.29, 1.82) is 0 Å². The monoisotopic (exact) mass is 494 g/mol. The molecule has 2 aromatic heterocycles. The first-order valence-corrected chi connectivity index (χ1v) is 12.8. The van der Waals surface area contributed by atoms with E-state index in [0.717, 1.165) is 31.2 Å². The fourth-order valence-corrected chi connectivity index (χ4v) is 5.37. The lowest BCUT2D eigenvalue weighted by Crippen LogP contribution is -2.65. The fraction of sp³-hybridized carbons (Fsp3) is 0.444. The molecule has 3 aromatic rings. The SMILES string of the molecule is Cc1ccc(N2C(=O)c3cc(-c4ccco4)nn3C[C@]2(C)C(=O)NC2CCCCCCC2)cc1Cl. The number of carbonyl (C=O) groups is 2. The van der Waals surface area contributed by atoms with Gasteiger partial charge in [0.1, 0.15) is 16.9 Å². The van der Waals surface area contributed by atoms with Gasteiger partial charge in [0.15, 0.2) is 5.76 Å². The van der Waals surface area contributed by atoms with E-state index in [0.29, 0.717) is 27.9 Å². The van der Waals surface area contributed by atoms with Crippen molar-refractivity contribution < 1.29 is 14.0 Å². The summed E-state index contributed by atoms with van der Waals surface area (Å²) in [7, 11) is 0. The lowest BCUT2D eigenvalue weighted by Gasteiger charge is -2.44.